The van der Waals surface area contributed by atoms with Crippen LogP contribution in [0, 0.1) is 0 Å². The molecular weight excluding hydrogens is 290 g/mol. The fourth-order valence-corrected chi connectivity index (χ4v) is 2.46. The highest BCUT2D eigenvalue weighted by atomic mass is 79.9. The molecule has 0 fully saturated rings. The molecule has 11 heavy (non-hydrogen) atoms. The molecule has 0 radical (unpaired) electrons. The summed E-state index contributed by atoms with van der Waals surface area (Å²) < 4.78 is 1.20. The molecule has 0 bridgehead atoms. The van der Waals surface area contributed by atoms with Gasteiger partial charge in [-0.2, -0.15) is 0 Å². The molecule has 4 heteroatoms. The Hall–Kier alpha value is 0.620. The number of halogens is 2. The predicted octanol–water partition coefficient (Wildman–Crippen LogP) is 3.00. The Bertz CT molecular complexity index is 212. The van der Waals surface area contributed by atoms with Crippen LogP contribution in [0.5, 0.6) is 0 Å². The summed E-state index contributed by atoms with van der Waals surface area (Å²) in [5.74, 6) is 0. The van der Waals surface area contributed by atoms with Gasteiger partial charge in [0.1, 0.15) is 0 Å². The summed E-state index contributed by atoms with van der Waals surface area (Å²) in [6, 6.07) is 4.21. The fraction of sp³-hybridized carbons (Fsp3) is 0.429. The van der Waals surface area contributed by atoms with Crippen LogP contribution in [0.2, 0.25) is 0 Å². The SMILES string of the molecule is BrCCNCc1ccc(Br)s1. The molecule has 1 aromatic rings. The standard InChI is InChI=1S/C7H9Br2NS/c8-3-4-10-5-6-1-2-7(9)11-6/h1-2,10H,3-5H2. The summed E-state index contributed by atoms with van der Waals surface area (Å²) in [5, 5.41) is 4.32. The van der Waals surface area contributed by atoms with Gasteiger partial charge in [-0.1, -0.05) is 15.9 Å². The van der Waals surface area contributed by atoms with Crippen LogP contribution in [-0.4, -0.2) is 11.9 Å². The van der Waals surface area contributed by atoms with Gasteiger partial charge in [0.15, 0.2) is 0 Å². The zero-order valence-corrected chi connectivity index (χ0v) is 9.93. The number of thiophene rings is 1. The van der Waals surface area contributed by atoms with Gasteiger partial charge in [0.2, 0.25) is 0 Å². The van der Waals surface area contributed by atoms with Gasteiger partial charge in [-0.05, 0) is 28.1 Å². The average molecular weight is 299 g/mol. The number of hydrogen-bond acceptors (Lipinski definition) is 2. The van der Waals surface area contributed by atoms with Crippen LogP contribution < -0.4 is 5.32 Å². The van der Waals surface area contributed by atoms with E-state index in [9.17, 15) is 0 Å². The molecule has 1 nitrogen and oxygen atoms in total. The minimum atomic E-state index is 0.974. The van der Waals surface area contributed by atoms with Gasteiger partial charge in [-0.3, -0.25) is 0 Å². The van der Waals surface area contributed by atoms with Crippen molar-refractivity contribution in [3.8, 4) is 0 Å². The molecular formula is C7H9Br2NS. The molecule has 0 aromatic carbocycles. The van der Waals surface area contributed by atoms with Gasteiger partial charge >= 0.3 is 0 Å². The summed E-state index contributed by atoms with van der Waals surface area (Å²) in [7, 11) is 0. The van der Waals surface area contributed by atoms with E-state index in [1.165, 1.54) is 8.66 Å². The Morgan fingerprint density at radius 1 is 1.45 bits per heavy atom. The molecule has 0 spiro atoms. The van der Waals surface area contributed by atoms with Crippen molar-refractivity contribution >= 4 is 43.2 Å². The Morgan fingerprint density at radius 3 is 2.82 bits per heavy atom. The topological polar surface area (TPSA) is 12.0 Å². The van der Waals surface area contributed by atoms with Crippen molar-refractivity contribution in [2.45, 2.75) is 6.54 Å². The molecule has 0 saturated carbocycles. The second-order valence-electron chi connectivity index (χ2n) is 2.07. The molecule has 1 heterocycles. The van der Waals surface area contributed by atoms with Gasteiger partial charge in [0, 0.05) is 23.3 Å². The van der Waals surface area contributed by atoms with Gasteiger partial charge in [-0.15, -0.1) is 11.3 Å². The van der Waals surface area contributed by atoms with E-state index in [2.05, 4.69) is 49.3 Å². The van der Waals surface area contributed by atoms with Crippen LogP contribution in [0.25, 0.3) is 0 Å². The molecule has 62 valence electrons. The summed E-state index contributed by atoms with van der Waals surface area (Å²) >= 11 is 8.56. The first-order valence-corrected chi connectivity index (χ1v) is 6.07. The highest BCUT2D eigenvalue weighted by Gasteiger charge is 1.95. The quantitative estimate of drug-likeness (QED) is 0.666. The van der Waals surface area contributed by atoms with E-state index in [1.54, 1.807) is 11.3 Å². The number of hydrogen-bond donors (Lipinski definition) is 1. The van der Waals surface area contributed by atoms with Gasteiger partial charge in [-0.25, -0.2) is 0 Å². The summed E-state index contributed by atoms with van der Waals surface area (Å²) in [4.78, 5) is 1.37. The molecule has 0 aliphatic rings. The van der Waals surface area contributed by atoms with Crippen LogP contribution in [0.4, 0.5) is 0 Å². The molecule has 1 rings (SSSR count). The van der Waals surface area contributed by atoms with E-state index in [-0.39, 0.29) is 0 Å². The first kappa shape index (κ1) is 9.71. The molecule has 0 unspecified atom stereocenters. The van der Waals surface area contributed by atoms with E-state index in [0.717, 1.165) is 18.4 Å². The molecule has 1 aromatic heterocycles. The molecule has 0 saturated heterocycles. The predicted molar refractivity (Wildman–Crippen MR) is 57.5 cm³/mol. The zero-order valence-electron chi connectivity index (χ0n) is 5.94. The van der Waals surface area contributed by atoms with Crippen LogP contribution in [0.1, 0.15) is 4.88 Å². The van der Waals surface area contributed by atoms with E-state index >= 15 is 0 Å². The van der Waals surface area contributed by atoms with Crippen molar-refractivity contribution in [1.29, 1.82) is 0 Å². The highest BCUT2D eigenvalue weighted by Crippen LogP contribution is 2.21. The van der Waals surface area contributed by atoms with Crippen molar-refractivity contribution in [1.82, 2.24) is 5.32 Å². The maximum absolute atomic E-state index is 3.42. The monoisotopic (exact) mass is 297 g/mol. The molecule has 0 atom stereocenters. The number of nitrogens with one attached hydrogen (secondary N) is 1. The van der Waals surface area contributed by atoms with Gasteiger partial charge in [0.25, 0.3) is 0 Å². The zero-order chi connectivity index (χ0) is 8.10. The van der Waals surface area contributed by atoms with E-state index in [1.807, 2.05) is 0 Å². The lowest BCUT2D eigenvalue weighted by Gasteiger charge is -1.97. The van der Waals surface area contributed by atoms with Crippen LogP contribution >= 0.6 is 43.2 Å². The minimum absolute atomic E-state index is 0.974. The van der Waals surface area contributed by atoms with Crippen molar-refractivity contribution in [3.05, 3.63) is 20.8 Å². The first-order valence-electron chi connectivity index (χ1n) is 3.34. The Balaban J connectivity index is 2.27. The maximum atomic E-state index is 3.42. The van der Waals surface area contributed by atoms with Crippen LogP contribution in [0.15, 0.2) is 15.9 Å². The summed E-state index contributed by atoms with van der Waals surface area (Å²) in [6.45, 7) is 2.00. The lowest BCUT2D eigenvalue weighted by molar-refractivity contribution is 0.743. The maximum Gasteiger partial charge on any atom is 0.0701 e. The Morgan fingerprint density at radius 2 is 2.27 bits per heavy atom. The third-order valence-corrected chi connectivity index (χ3v) is 3.22. The smallest absolute Gasteiger partial charge is 0.0701 e. The van der Waals surface area contributed by atoms with E-state index in [4.69, 9.17) is 0 Å². The van der Waals surface area contributed by atoms with Crippen molar-refractivity contribution in [3.63, 3.8) is 0 Å². The van der Waals surface area contributed by atoms with Gasteiger partial charge < -0.3 is 5.32 Å². The molecule has 1 N–H and O–H groups in total. The molecule has 0 aliphatic carbocycles. The van der Waals surface area contributed by atoms with Crippen molar-refractivity contribution in [2.75, 3.05) is 11.9 Å². The Kier molecular flexibility index (Phi) is 4.67. The summed E-state index contributed by atoms with van der Waals surface area (Å²) in [6.07, 6.45) is 0. The second kappa shape index (κ2) is 5.30. The first-order chi connectivity index (χ1) is 5.33. The highest BCUT2D eigenvalue weighted by molar-refractivity contribution is 9.11. The van der Waals surface area contributed by atoms with Crippen LogP contribution in [0.3, 0.4) is 0 Å². The van der Waals surface area contributed by atoms with Crippen molar-refractivity contribution < 1.29 is 0 Å². The third-order valence-electron chi connectivity index (χ3n) is 1.20. The normalized spacial score (nSPS) is 10.4. The van der Waals surface area contributed by atoms with E-state index in [0.29, 0.717) is 0 Å². The minimum Gasteiger partial charge on any atom is -0.311 e. The lowest BCUT2D eigenvalue weighted by atomic mass is 10.4. The van der Waals surface area contributed by atoms with E-state index < -0.39 is 0 Å². The average Bonchev–Trinajstić information content (AvgIpc) is 2.37. The number of rotatable bonds is 4. The summed E-state index contributed by atoms with van der Waals surface area (Å²) in [5.41, 5.74) is 0. The van der Waals surface area contributed by atoms with Crippen LogP contribution in [-0.2, 0) is 6.54 Å². The third kappa shape index (κ3) is 3.69. The Labute approximate surface area is 87.5 Å². The lowest BCUT2D eigenvalue weighted by Crippen LogP contribution is -2.14. The molecule has 0 amide bonds. The van der Waals surface area contributed by atoms with Crippen molar-refractivity contribution in [2.24, 2.45) is 0 Å². The fourth-order valence-electron chi connectivity index (χ4n) is 0.725. The molecule has 0 aliphatic heterocycles. The number of alkyl halides is 1. The largest absolute Gasteiger partial charge is 0.311 e. The second-order valence-corrected chi connectivity index (χ2v) is 5.41. The van der Waals surface area contributed by atoms with Gasteiger partial charge in [0.05, 0.1) is 3.79 Å².